The fourth-order valence-corrected chi connectivity index (χ4v) is 1.71. The summed E-state index contributed by atoms with van der Waals surface area (Å²) >= 11 is 0. The van der Waals surface area contributed by atoms with Gasteiger partial charge in [0.2, 0.25) is 0 Å². The molecule has 2 aromatic rings. The maximum Gasteiger partial charge on any atom is 0.159 e. The van der Waals surface area contributed by atoms with Gasteiger partial charge in [-0.05, 0) is 30.7 Å². The van der Waals surface area contributed by atoms with Crippen molar-refractivity contribution in [2.24, 2.45) is 0 Å². The van der Waals surface area contributed by atoms with Crippen molar-refractivity contribution >= 4 is 17.2 Å². The van der Waals surface area contributed by atoms with E-state index in [-0.39, 0.29) is 5.78 Å². The van der Waals surface area contributed by atoms with Gasteiger partial charge < -0.3 is 11.5 Å². The first-order chi connectivity index (χ1) is 8.08. The Balaban J connectivity index is 2.46. The monoisotopic (exact) mass is 226 g/mol. The van der Waals surface area contributed by atoms with Gasteiger partial charge in [0.25, 0.3) is 0 Å². The lowest BCUT2D eigenvalue weighted by atomic mass is 10.0. The summed E-state index contributed by atoms with van der Waals surface area (Å²) in [6.45, 7) is 1.53. The predicted molar refractivity (Wildman–Crippen MR) is 70.7 cm³/mol. The van der Waals surface area contributed by atoms with Crippen LogP contribution >= 0.6 is 0 Å². The Morgan fingerprint density at radius 3 is 2.18 bits per heavy atom. The largest absolute Gasteiger partial charge is 0.399 e. The average Bonchev–Trinajstić information content (AvgIpc) is 2.30. The summed E-state index contributed by atoms with van der Waals surface area (Å²) in [5, 5.41) is 0. The van der Waals surface area contributed by atoms with Gasteiger partial charge in [-0.15, -0.1) is 0 Å². The summed E-state index contributed by atoms with van der Waals surface area (Å²) in [5.74, 6) is 0.0144. The quantitative estimate of drug-likeness (QED) is 0.611. The molecule has 0 fully saturated rings. The standard InChI is InChI=1S/C14H14N2O/c1-9(17)11-4-7-13(14(16)8-11)10-2-5-12(15)6-3-10/h2-8H,15-16H2,1H3. The summed E-state index contributed by atoms with van der Waals surface area (Å²) in [4.78, 5) is 11.2. The number of carbonyl (C=O) groups is 1. The van der Waals surface area contributed by atoms with Crippen LogP contribution in [-0.2, 0) is 0 Å². The first-order valence-electron chi connectivity index (χ1n) is 5.34. The van der Waals surface area contributed by atoms with Crippen molar-refractivity contribution < 1.29 is 4.79 Å². The maximum atomic E-state index is 11.2. The minimum absolute atomic E-state index is 0.0144. The number of carbonyl (C=O) groups excluding carboxylic acids is 1. The molecule has 0 atom stereocenters. The molecular formula is C14H14N2O. The van der Waals surface area contributed by atoms with Crippen LogP contribution in [0.25, 0.3) is 11.1 Å². The van der Waals surface area contributed by atoms with Gasteiger partial charge in [0, 0.05) is 22.5 Å². The van der Waals surface area contributed by atoms with E-state index in [9.17, 15) is 4.79 Å². The molecule has 3 heteroatoms. The summed E-state index contributed by atoms with van der Waals surface area (Å²) in [7, 11) is 0. The zero-order valence-corrected chi connectivity index (χ0v) is 9.60. The lowest BCUT2D eigenvalue weighted by Gasteiger charge is -2.07. The normalized spacial score (nSPS) is 10.2. The summed E-state index contributed by atoms with van der Waals surface area (Å²) < 4.78 is 0. The molecule has 0 aliphatic rings. The highest BCUT2D eigenvalue weighted by Gasteiger charge is 2.05. The average molecular weight is 226 g/mol. The molecule has 0 saturated heterocycles. The van der Waals surface area contributed by atoms with Crippen LogP contribution in [0.2, 0.25) is 0 Å². The molecule has 0 radical (unpaired) electrons. The van der Waals surface area contributed by atoms with E-state index in [1.807, 2.05) is 30.3 Å². The van der Waals surface area contributed by atoms with Gasteiger partial charge in [-0.2, -0.15) is 0 Å². The Morgan fingerprint density at radius 1 is 1.00 bits per heavy atom. The second-order valence-corrected chi connectivity index (χ2v) is 3.98. The van der Waals surface area contributed by atoms with Crippen LogP contribution < -0.4 is 11.5 Å². The molecule has 0 aliphatic carbocycles. The Labute approximate surface area is 100 Å². The molecule has 0 saturated carbocycles. The van der Waals surface area contributed by atoms with Crippen molar-refractivity contribution in [1.29, 1.82) is 0 Å². The van der Waals surface area contributed by atoms with Gasteiger partial charge in [-0.1, -0.05) is 24.3 Å². The second kappa shape index (κ2) is 4.29. The van der Waals surface area contributed by atoms with Gasteiger partial charge in [0.1, 0.15) is 0 Å². The van der Waals surface area contributed by atoms with Gasteiger partial charge in [-0.3, -0.25) is 4.79 Å². The van der Waals surface area contributed by atoms with E-state index in [4.69, 9.17) is 11.5 Å². The van der Waals surface area contributed by atoms with Crippen molar-refractivity contribution in [2.75, 3.05) is 11.5 Å². The number of ketones is 1. The van der Waals surface area contributed by atoms with E-state index in [1.54, 1.807) is 12.1 Å². The van der Waals surface area contributed by atoms with Crippen molar-refractivity contribution in [3.8, 4) is 11.1 Å². The van der Waals surface area contributed by atoms with E-state index >= 15 is 0 Å². The molecule has 0 aliphatic heterocycles. The van der Waals surface area contributed by atoms with E-state index < -0.39 is 0 Å². The number of anilines is 2. The van der Waals surface area contributed by atoms with Crippen LogP contribution in [-0.4, -0.2) is 5.78 Å². The lowest BCUT2D eigenvalue weighted by Crippen LogP contribution is -1.96. The molecule has 4 N–H and O–H groups in total. The van der Waals surface area contributed by atoms with Crippen LogP contribution in [0.15, 0.2) is 42.5 Å². The first-order valence-corrected chi connectivity index (χ1v) is 5.34. The molecule has 17 heavy (non-hydrogen) atoms. The summed E-state index contributed by atoms with van der Waals surface area (Å²) in [6.07, 6.45) is 0. The Hall–Kier alpha value is -2.29. The SMILES string of the molecule is CC(=O)c1ccc(-c2ccc(N)cc2)c(N)c1. The van der Waals surface area contributed by atoms with Gasteiger partial charge in [0.15, 0.2) is 5.78 Å². The fraction of sp³-hybridized carbons (Fsp3) is 0.0714. The lowest BCUT2D eigenvalue weighted by molar-refractivity contribution is 0.101. The third-order valence-electron chi connectivity index (χ3n) is 2.68. The van der Waals surface area contributed by atoms with Gasteiger partial charge in [0.05, 0.1) is 0 Å². The smallest absolute Gasteiger partial charge is 0.159 e. The number of Topliss-reactive ketones (excluding diaryl/α,β-unsaturated/α-hetero) is 1. The molecular weight excluding hydrogens is 212 g/mol. The molecule has 2 aromatic carbocycles. The van der Waals surface area contributed by atoms with E-state index in [1.165, 1.54) is 6.92 Å². The second-order valence-electron chi connectivity index (χ2n) is 3.98. The van der Waals surface area contributed by atoms with Crippen LogP contribution in [0.3, 0.4) is 0 Å². The number of hydrogen-bond acceptors (Lipinski definition) is 3. The predicted octanol–water partition coefficient (Wildman–Crippen LogP) is 2.72. The highest BCUT2D eigenvalue weighted by atomic mass is 16.1. The van der Waals surface area contributed by atoms with Crippen molar-refractivity contribution in [2.45, 2.75) is 6.92 Å². The summed E-state index contributed by atoms with van der Waals surface area (Å²) in [6, 6.07) is 12.8. The number of benzene rings is 2. The zero-order valence-electron chi connectivity index (χ0n) is 9.60. The molecule has 86 valence electrons. The molecule has 0 spiro atoms. The number of hydrogen-bond donors (Lipinski definition) is 2. The minimum atomic E-state index is 0.0144. The van der Waals surface area contributed by atoms with Crippen molar-refractivity contribution in [3.63, 3.8) is 0 Å². The molecule has 2 rings (SSSR count). The van der Waals surface area contributed by atoms with Crippen LogP contribution in [0, 0.1) is 0 Å². The van der Waals surface area contributed by atoms with Gasteiger partial charge >= 0.3 is 0 Å². The number of nitrogen functional groups attached to an aromatic ring is 2. The van der Waals surface area contributed by atoms with E-state index in [0.29, 0.717) is 16.9 Å². The van der Waals surface area contributed by atoms with Crippen molar-refractivity contribution in [3.05, 3.63) is 48.0 Å². The Kier molecular flexibility index (Phi) is 2.83. The third kappa shape index (κ3) is 2.28. The zero-order chi connectivity index (χ0) is 12.4. The molecule has 0 amide bonds. The molecule has 3 nitrogen and oxygen atoms in total. The van der Waals surface area contributed by atoms with Gasteiger partial charge in [-0.25, -0.2) is 0 Å². The minimum Gasteiger partial charge on any atom is -0.399 e. The Morgan fingerprint density at radius 2 is 1.65 bits per heavy atom. The highest BCUT2D eigenvalue weighted by Crippen LogP contribution is 2.27. The molecule has 0 aromatic heterocycles. The van der Waals surface area contributed by atoms with Crippen LogP contribution in [0.1, 0.15) is 17.3 Å². The van der Waals surface area contributed by atoms with Crippen LogP contribution in [0.5, 0.6) is 0 Å². The van der Waals surface area contributed by atoms with Crippen LogP contribution in [0.4, 0.5) is 11.4 Å². The molecule has 0 heterocycles. The maximum absolute atomic E-state index is 11.2. The highest BCUT2D eigenvalue weighted by molar-refractivity contribution is 5.96. The first kappa shape index (κ1) is 11.2. The van der Waals surface area contributed by atoms with Crippen molar-refractivity contribution in [1.82, 2.24) is 0 Å². The number of nitrogens with two attached hydrogens (primary N) is 2. The summed E-state index contributed by atoms with van der Waals surface area (Å²) in [5.41, 5.74) is 15.4. The Bertz CT molecular complexity index is 559. The topological polar surface area (TPSA) is 69.1 Å². The van der Waals surface area contributed by atoms with E-state index in [2.05, 4.69) is 0 Å². The third-order valence-corrected chi connectivity index (χ3v) is 2.68. The van der Waals surface area contributed by atoms with E-state index in [0.717, 1.165) is 11.1 Å². The molecule has 0 bridgehead atoms. The fourth-order valence-electron chi connectivity index (χ4n) is 1.71. The molecule has 0 unspecified atom stereocenters. The number of rotatable bonds is 2.